The average molecular weight is 254 g/mol. The van der Waals surface area contributed by atoms with E-state index in [1.165, 1.54) is 0 Å². The molecule has 0 spiro atoms. The molecule has 1 amide bonds. The number of sulfone groups is 1. The maximum absolute atomic E-state index is 12.2. The molecule has 1 aromatic carbocycles. The average Bonchev–Trinajstić information content (AvgIpc) is 2.21. The Morgan fingerprint density at radius 3 is 2.47 bits per heavy atom. The van der Waals surface area contributed by atoms with Crippen LogP contribution in [-0.4, -0.2) is 26.1 Å². The van der Waals surface area contributed by atoms with Gasteiger partial charge in [0.25, 0.3) is 0 Å². The Labute approximate surface area is 99.9 Å². The second-order valence-electron chi connectivity index (χ2n) is 4.19. The minimum atomic E-state index is -3.66. The van der Waals surface area contributed by atoms with Crippen molar-refractivity contribution in [2.24, 2.45) is 5.73 Å². The number of benzene rings is 1. The number of fused-ring (bicyclic) bond motifs is 1. The van der Waals surface area contributed by atoms with Crippen LogP contribution in [0.5, 0.6) is 0 Å². The van der Waals surface area contributed by atoms with E-state index in [9.17, 15) is 13.2 Å². The molecule has 1 aliphatic heterocycles. The number of hydrogen-bond donors (Lipinski definition) is 2. The second-order valence-corrected chi connectivity index (χ2v) is 6.29. The summed E-state index contributed by atoms with van der Waals surface area (Å²) in [6.07, 6.45) is 0. The highest BCUT2D eigenvalue weighted by molar-refractivity contribution is 7.93. The molecule has 0 bridgehead atoms. The van der Waals surface area contributed by atoms with Gasteiger partial charge in [0.1, 0.15) is 0 Å². The molecule has 0 saturated carbocycles. The number of carbonyl (C=O) groups is 1. The van der Waals surface area contributed by atoms with Crippen LogP contribution in [0.3, 0.4) is 0 Å². The molecule has 1 aromatic rings. The lowest BCUT2D eigenvalue weighted by Crippen LogP contribution is -2.44. The van der Waals surface area contributed by atoms with Crippen molar-refractivity contribution in [1.29, 1.82) is 0 Å². The van der Waals surface area contributed by atoms with E-state index in [0.29, 0.717) is 5.69 Å². The van der Waals surface area contributed by atoms with E-state index in [4.69, 9.17) is 5.73 Å². The molecule has 17 heavy (non-hydrogen) atoms. The van der Waals surface area contributed by atoms with Gasteiger partial charge < -0.3 is 11.1 Å². The summed E-state index contributed by atoms with van der Waals surface area (Å²) in [5, 5.41) is 1.40. The van der Waals surface area contributed by atoms with Gasteiger partial charge in [0, 0.05) is 6.54 Å². The number of amides is 1. The number of anilines is 1. The highest BCUT2D eigenvalue weighted by Crippen LogP contribution is 2.32. The minimum absolute atomic E-state index is 0.163. The Morgan fingerprint density at radius 2 is 1.88 bits per heavy atom. The van der Waals surface area contributed by atoms with Gasteiger partial charge in [-0.15, -0.1) is 0 Å². The third-order valence-corrected chi connectivity index (χ3v) is 5.15. The smallest absolute Gasteiger partial charge is 0.244 e. The molecular weight excluding hydrogens is 240 g/mol. The van der Waals surface area contributed by atoms with Crippen LogP contribution >= 0.6 is 0 Å². The summed E-state index contributed by atoms with van der Waals surface area (Å²) in [7, 11) is -3.66. The lowest BCUT2D eigenvalue weighted by atomic mass is 10.1. The molecule has 0 aromatic heterocycles. The Hall–Kier alpha value is -1.40. The highest BCUT2D eigenvalue weighted by Gasteiger charge is 2.39. The van der Waals surface area contributed by atoms with Crippen molar-refractivity contribution < 1.29 is 13.2 Å². The van der Waals surface area contributed by atoms with E-state index in [1.807, 2.05) is 13.8 Å². The van der Waals surface area contributed by atoms with Crippen molar-refractivity contribution in [2.45, 2.75) is 24.0 Å². The van der Waals surface area contributed by atoms with E-state index in [-0.39, 0.29) is 11.4 Å². The first kappa shape index (κ1) is 12.1. The Morgan fingerprint density at radius 1 is 1.29 bits per heavy atom. The second kappa shape index (κ2) is 3.82. The maximum Gasteiger partial charge on any atom is 0.244 e. The zero-order chi connectivity index (χ0) is 12.8. The fourth-order valence-corrected chi connectivity index (χ4v) is 3.52. The third-order valence-electron chi connectivity index (χ3n) is 3.04. The van der Waals surface area contributed by atoms with Crippen molar-refractivity contribution in [2.75, 3.05) is 11.9 Å². The summed E-state index contributed by atoms with van der Waals surface area (Å²) in [6, 6.07) is 3.26. The Bertz CT molecular complexity index is 593. The molecule has 3 N–H and O–H groups in total. The van der Waals surface area contributed by atoms with Gasteiger partial charge in [0.2, 0.25) is 5.91 Å². The summed E-state index contributed by atoms with van der Waals surface area (Å²) in [5.41, 5.74) is 7.51. The molecule has 0 saturated heterocycles. The maximum atomic E-state index is 12.2. The van der Waals surface area contributed by atoms with Gasteiger partial charge in [0.15, 0.2) is 15.1 Å². The molecular formula is C11H14N2O3S. The number of nitrogens with two attached hydrogens (primary N) is 1. The summed E-state index contributed by atoms with van der Waals surface area (Å²) < 4.78 is 24.3. The molecule has 2 rings (SSSR count). The van der Waals surface area contributed by atoms with E-state index < -0.39 is 21.0 Å². The van der Waals surface area contributed by atoms with E-state index in [2.05, 4.69) is 5.32 Å². The first-order valence-electron chi connectivity index (χ1n) is 5.24. The Balaban J connectivity index is 2.71. The molecule has 5 nitrogen and oxygen atoms in total. The van der Waals surface area contributed by atoms with Gasteiger partial charge >= 0.3 is 0 Å². The van der Waals surface area contributed by atoms with Crippen LogP contribution in [0, 0.1) is 13.8 Å². The molecule has 6 heteroatoms. The molecule has 1 unspecified atom stereocenters. The van der Waals surface area contributed by atoms with Crippen molar-refractivity contribution in [3.63, 3.8) is 0 Å². The van der Waals surface area contributed by atoms with Gasteiger partial charge in [-0.2, -0.15) is 0 Å². The van der Waals surface area contributed by atoms with Crippen LogP contribution in [0.1, 0.15) is 11.1 Å². The van der Waals surface area contributed by atoms with Crippen LogP contribution in [-0.2, 0) is 14.6 Å². The summed E-state index contributed by atoms with van der Waals surface area (Å²) in [4.78, 5) is 11.8. The molecule has 1 atom stereocenters. The van der Waals surface area contributed by atoms with Gasteiger partial charge in [-0.3, -0.25) is 4.79 Å². The van der Waals surface area contributed by atoms with Gasteiger partial charge in [-0.1, -0.05) is 0 Å². The first-order chi connectivity index (χ1) is 7.87. The SMILES string of the molecule is Cc1cc2c(cc1C)S(=O)(=O)C(CN)C(=O)N2. The molecule has 1 aliphatic rings. The predicted octanol–water partition coefficient (Wildman–Crippen LogP) is 0.357. The zero-order valence-electron chi connectivity index (χ0n) is 9.65. The monoisotopic (exact) mass is 254 g/mol. The fraction of sp³-hybridized carbons (Fsp3) is 0.364. The van der Waals surface area contributed by atoms with Crippen LogP contribution in [0.4, 0.5) is 5.69 Å². The highest BCUT2D eigenvalue weighted by atomic mass is 32.2. The zero-order valence-corrected chi connectivity index (χ0v) is 10.5. The normalized spacial score (nSPS) is 21.8. The molecule has 1 heterocycles. The van der Waals surface area contributed by atoms with Crippen molar-refractivity contribution in [3.05, 3.63) is 23.3 Å². The number of hydrogen-bond acceptors (Lipinski definition) is 4. The predicted molar refractivity (Wildman–Crippen MR) is 64.6 cm³/mol. The van der Waals surface area contributed by atoms with Gasteiger partial charge in [-0.25, -0.2) is 8.42 Å². The minimum Gasteiger partial charge on any atom is -0.329 e. The van der Waals surface area contributed by atoms with Crippen molar-refractivity contribution >= 4 is 21.4 Å². The van der Waals surface area contributed by atoms with Crippen molar-refractivity contribution in [1.82, 2.24) is 0 Å². The van der Waals surface area contributed by atoms with Crippen molar-refractivity contribution in [3.8, 4) is 0 Å². The molecule has 0 fully saturated rings. The molecule has 0 aliphatic carbocycles. The quantitative estimate of drug-likeness (QED) is 0.757. The number of rotatable bonds is 1. The summed E-state index contributed by atoms with van der Waals surface area (Å²) in [6.45, 7) is 3.49. The summed E-state index contributed by atoms with van der Waals surface area (Å²) in [5.74, 6) is -0.553. The molecule has 92 valence electrons. The Kier molecular flexibility index (Phi) is 2.71. The lowest BCUT2D eigenvalue weighted by molar-refractivity contribution is -0.115. The summed E-state index contributed by atoms with van der Waals surface area (Å²) >= 11 is 0. The van der Waals surface area contributed by atoms with Crippen LogP contribution in [0.2, 0.25) is 0 Å². The number of nitrogens with one attached hydrogen (secondary N) is 1. The van der Waals surface area contributed by atoms with Crippen LogP contribution in [0.15, 0.2) is 17.0 Å². The van der Waals surface area contributed by atoms with Crippen LogP contribution < -0.4 is 11.1 Å². The number of aryl methyl sites for hydroxylation is 2. The largest absolute Gasteiger partial charge is 0.329 e. The van der Waals surface area contributed by atoms with Gasteiger partial charge in [0.05, 0.1) is 10.6 Å². The standard InChI is InChI=1S/C11H14N2O3S/c1-6-3-8-9(4-7(6)2)17(15,16)10(5-12)11(14)13-8/h3-4,10H,5,12H2,1-2H3,(H,13,14). The van der Waals surface area contributed by atoms with Gasteiger partial charge in [-0.05, 0) is 37.1 Å². The van der Waals surface area contributed by atoms with Crippen LogP contribution in [0.25, 0.3) is 0 Å². The first-order valence-corrected chi connectivity index (χ1v) is 6.78. The third kappa shape index (κ3) is 1.73. The number of carbonyl (C=O) groups excluding carboxylic acids is 1. The fourth-order valence-electron chi connectivity index (χ4n) is 1.86. The van der Waals surface area contributed by atoms with E-state index >= 15 is 0 Å². The van der Waals surface area contributed by atoms with E-state index in [1.54, 1.807) is 12.1 Å². The lowest BCUT2D eigenvalue weighted by Gasteiger charge is -2.24. The molecule has 0 radical (unpaired) electrons. The van der Waals surface area contributed by atoms with E-state index in [0.717, 1.165) is 11.1 Å². The topological polar surface area (TPSA) is 89.3 Å².